The predicted molar refractivity (Wildman–Crippen MR) is 64.9 cm³/mol. The lowest BCUT2D eigenvalue weighted by atomic mass is 9.89. The Hall–Kier alpha value is -0.570. The normalized spacial score (nSPS) is 11.5. The van der Waals surface area contributed by atoms with Crippen LogP contribution >= 0.6 is 0 Å². The molecule has 0 aliphatic rings. The summed E-state index contributed by atoms with van der Waals surface area (Å²) >= 11 is 0. The highest BCUT2D eigenvalue weighted by atomic mass is 16.1. The van der Waals surface area contributed by atoms with Crippen molar-refractivity contribution in [3.8, 4) is 0 Å². The van der Waals surface area contributed by atoms with Crippen LogP contribution in [0.3, 0.4) is 0 Å². The van der Waals surface area contributed by atoms with Crippen molar-refractivity contribution in [2.45, 2.75) is 58.4 Å². The molecule has 0 aromatic rings. The molecular formula is C12H26N2O. The van der Waals surface area contributed by atoms with Crippen LogP contribution < -0.4 is 10.6 Å². The number of hydrogen-bond acceptors (Lipinski definition) is 2. The molecule has 90 valence electrons. The first kappa shape index (κ1) is 14.4. The van der Waals surface area contributed by atoms with Crippen LogP contribution in [-0.4, -0.2) is 25.0 Å². The molecule has 0 aliphatic carbocycles. The number of nitrogens with one attached hydrogen (secondary N) is 2. The Kier molecular flexibility index (Phi) is 7.39. The zero-order valence-corrected chi connectivity index (χ0v) is 10.7. The van der Waals surface area contributed by atoms with Gasteiger partial charge in [0.25, 0.3) is 0 Å². The third-order valence-electron chi connectivity index (χ3n) is 3.27. The third-order valence-corrected chi connectivity index (χ3v) is 3.27. The van der Waals surface area contributed by atoms with E-state index in [1.54, 1.807) is 0 Å². The zero-order valence-electron chi connectivity index (χ0n) is 10.7. The minimum atomic E-state index is 0.0245. The van der Waals surface area contributed by atoms with Crippen molar-refractivity contribution in [2.24, 2.45) is 0 Å². The van der Waals surface area contributed by atoms with Crippen LogP contribution in [0.2, 0.25) is 0 Å². The summed E-state index contributed by atoms with van der Waals surface area (Å²) in [6.45, 7) is 7.33. The lowest BCUT2D eigenvalue weighted by Crippen LogP contribution is -2.47. The van der Waals surface area contributed by atoms with E-state index in [-0.39, 0.29) is 11.4 Å². The van der Waals surface area contributed by atoms with E-state index in [1.165, 1.54) is 0 Å². The molecule has 0 saturated heterocycles. The maximum absolute atomic E-state index is 11.7. The molecule has 0 heterocycles. The fourth-order valence-corrected chi connectivity index (χ4v) is 1.80. The number of carbonyl (C=O) groups excluding carboxylic acids is 1. The number of amides is 1. The fraction of sp³-hybridized carbons (Fsp3) is 0.917. The van der Waals surface area contributed by atoms with Gasteiger partial charge in [0, 0.05) is 12.0 Å². The van der Waals surface area contributed by atoms with Crippen LogP contribution in [0.15, 0.2) is 0 Å². The van der Waals surface area contributed by atoms with Crippen LogP contribution in [0.4, 0.5) is 0 Å². The van der Waals surface area contributed by atoms with E-state index in [0.29, 0.717) is 6.42 Å². The van der Waals surface area contributed by atoms with Gasteiger partial charge >= 0.3 is 0 Å². The topological polar surface area (TPSA) is 41.1 Å². The minimum absolute atomic E-state index is 0.0245. The summed E-state index contributed by atoms with van der Waals surface area (Å²) < 4.78 is 0. The quantitative estimate of drug-likeness (QED) is 0.607. The summed E-state index contributed by atoms with van der Waals surface area (Å²) in [5.74, 6) is 0.191. The molecule has 0 radical (unpaired) electrons. The van der Waals surface area contributed by atoms with Crippen molar-refractivity contribution in [2.75, 3.05) is 13.6 Å². The SMILES string of the molecule is CCC(CC)(CC)NC(=O)CCCNC. The number of rotatable bonds is 8. The van der Waals surface area contributed by atoms with Crippen molar-refractivity contribution in [1.29, 1.82) is 0 Å². The molecule has 1 amide bonds. The van der Waals surface area contributed by atoms with Crippen LogP contribution in [0.25, 0.3) is 0 Å². The molecule has 15 heavy (non-hydrogen) atoms. The van der Waals surface area contributed by atoms with E-state index in [1.807, 2.05) is 7.05 Å². The largest absolute Gasteiger partial charge is 0.351 e. The van der Waals surface area contributed by atoms with Gasteiger partial charge in [-0.2, -0.15) is 0 Å². The van der Waals surface area contributed by atoms with Crippen LogP contribution in [0.1, 0.15) is 52.9 Å². The average Bonchev–Trinajstić information content (AvgIpc) is 2.26. The van der Waals surface area contributed by atoms with E-state index in [2.05, 4.69) is 31.4 Å². The highest BCUT2D eigenvalue weighted by Crippen LogP contribution is 2.19. The first-order chi connectivity index (χ1) is 7.14. The van der Waals surface area contributed by atoms with Crippen LogP contribution in [0, 0.1) is 0 Å². The Bertz CT molecular complexity index is 168. The number of carbonyl (C=O) groups is 1. The lowest BCUT2D eigenvalue weighted by molar-refractivity contribution is -0.123. The molecule has 0 atom stereocenters. The van der Waals surface area contributed by atoms with E-state index in [9.17, 15) is 4.79 Å². The van der Waals surface area contributed by atoms with Gasteiger partial charge in [-0.1, -0.05) is 20.8 Å². The second-order valence-electron chi connectivity index (χ2n) is 4.10. The molecule has 0 bridgehead atoms. The first-order valence-corrected chi connectivity index (χ1v) is 6.09. The molecule has 0 spiro atoms. The molecule has 0 aliphatic heterocycles. The van der Waals surface area contributed by atoms with Gasteiger partial charge in [-0.15, -0.1) is 0 Å². The maximum atomic E-state index is 11.7. The fourth-order valence-electron chi connectivity index (χ4n) is 1.80. The Morgan fingerprint density at radius 3 is 2.07 bits per heavy atom. The molecule has 0 aromatic carbocycles. The summed E-state index contributed by atoms with van der Waals surface area (Å²) in [6.07, 6.45) is 4.57. The van der Waals surface area contributed by atoms with E-state index < -0.39 is 0 Å². The van der Waals surface area contributed by atoms with Gasteiger partial charge in [0.1, 0.15) is 0 Å². The Morgan fingerprint density at radius 1 is 1.13 bits per heavy atom. The second-order valence-corrected chi connectivity index (χ2v) is 4.10. The summed E-state index contributed by atoms with van der Waals surface area (Å²) in [7, 11) is 1.91. The highest BCUT2D eigenvalue weighted by molar-refractivity contribution is 5.76. The lowest BCUT2D eigenvalue weighted by Gasteiger charge is -2.31. The molecular weight excluding hydrogens is 188 g/mol. The van der Waals surface area contributed by atoms with Gasteiger partial charge in [-0.3, -0.25) is 4.79 Å². The summed E-state index contributed by atoms with van der Waals surface area (Å²) in [5, 5.41) is 6.22. The van der Waals surface area contributed by atoms with Crippen molar-refractivity contribution in [1.82, 2.24) is 10.6 Å². The van der Waals surface area contributed by atoms with E-state index in [4.69, 9.17) is 0 Å². The van der Waals surface area contributed by atoms with Gasteiger partial charge in [0.2, 0.25) is 5.91 Å². The Labute approximate surface area is 94.0 Å². The van der Waals surface area contributed by atoms with Crippen molar-refractivity contribution in [3.63, 3.8) is 0 Å². The Morgan fingerprint density at radius 2 is 1.67 bits per heavy atom. The van der Waals surface area contributed by atoms with Gasteiger partial charge in [-0.25, -0.2) is 0 Å². The van der Waals surface area contributed by atoms with Gasteiger partial charge in [-0.05, 0) is 39.3 Å². The Balaban J connectivity index is 4.00. The molecule has 2 N–H and O–H groups in total. The van der Waals surface area contributed by atoms with Crippen LogP contribution in [0.5, 0.6) is 0 Å². The van der Waals surface area contributed by atoms with Gasteiger partial charge in [0.05, 0.1) is 0 Å². The molecule has 0 unspecified atom stereocenters. The van der Waals surface area contributed by atoms with Crippen molar-refractivity contribution < 1.29 is 4.79 Å². The van der Waals surface area contributed by atoms with Crippen molar-refractivity contribution in [3.05, 3.63) is 0 Å². The predicted octanol–water partition coefficient (Wildman–Crippen LogP) is 2.07. The maximum Gasteiger partial charge on any atom is 0.220 e. The standard InChI is InChI=1S/C12H26N2O/c1-5-12(6-2,7-3)14-11(15)9-8-10-13-4/h13H,5-10H2,1-4H3,(H,14,15). The third kappa shape index (κ3) is 5.17. The summed E-state index contributed by atoms with van der Waals surface area (Å²) in [4.78, 5) is 11.7. The highest BCUT2D eigenvalue weighted by Gasteiger charge is 2.25. The molecule has 0 rings (SSSR count). The zero-order chi connectivity index (χ0) is 11.7. The summed E-state index contributed by atoms with van der Waals surface area (Å²) in [6, 6.07) is 0. The minimum Gasteiger partial charge on any atom is -0.351 e. The summed E-state index contributed by atoms with van der Waals surface area (Å²) in [5.41, 5.74) is 0.0245. The smallest absolute Gasteiger partial charge is 0.220 e. The van der Waals surface area contributed by atoms with Crippen LogP contribution in [-0.2, 0) is 4.79 Å². The molecule has 3 nitrogen and oxygen atoms in total. The second kappa shape index (κ2) is 7.69. The molecule has 3 heteroatoms. The molecule has 0 fully saturated rings. The van der Waals surface area contributed by atoms with E-state index >= 15 is 0 Å². The number of hydrogen-bond donors (Lipinski definition) is 2. The van der Waals surface area contributed by atoms with Crippen molar-refractivity contribution >= 4 is 5.91 Å². The monoisotopic (exact) mass is 214 g/mol. The van der Waals surface area contributed by atoms with E-state index in [0.717, 1.165) is 32.2 Å². The molecule has 0 aromatic heterocycles. The van der Waals surface area contributed by atoms with Gasteiger partial charge in [0.15, 0.2) is 0 Å². The average molecular weight is 214 g/mol. The van der Waals surface area contributed by atoms with Gasteiger partial charge < -0.3 is 10.6 Å². The first-order valence-electron chi connectivity index (χ1n) is 6.09. The molecule has 0 saturated carbocycles.